The molecule has 2 aliphatic carbocycles. The van der Waals surface area contributed by atoms with Gasteiger partial charge in [0, 0.05) is 61.1 Å². The van der Waals surface area contributed by atoms with Crippen LogP contribution in [0.1, 0.15) is 82.7 Å². The van der Waals surface area contributed by atoms with Gasteiger partial charge in [-0.25, -0.2) is 0 Å². The number of aromatic hydroxyl groups is 2. The molecular weight excluding hydrogens is 628 g/mol. The second-order valence-electron chi connectivity index (χ2n) is 12.7. The van der Waals surface area contributed by atoms with Crippen LogP contribution in [0.2, 0.25) is 0 Å². The molecule has 15 heteroatoms. The predicted molar refractivity (Wildman–Crippen MR) is 169 cm³/mol. The molecule has 1 aliphatic heterocycles. The Labute approximate surface area is 276 Å². The van der Waals surface area contributed by atoms with E-state index in [1.807, 2.05) is 13.8 Å². The van der Waals surface area contributed by atoms with Gasteiger partial charge in [-0.3, -0.25) is 19.2 Å². The minimum absolute atomic E-state index is 0.00695. The summed E-state index contributed by atoms with van der Waals surface area (Å²) in [6, 6.07) is 3.74. The van der Waals surface area contributed by atoms with E-state index in [4.69, 9.17) is 19.9 Å². The molecule has 0 bridgehead atoms. The van der Waals surface area contributed by atoms with Gasteiger partial charge >= 0.3 is 0 Å². The van der Waals surface area contributed by atoms with E-state index in [9.17, 15) is 39.6 Å². The number of carbonyl (C=O) groups excluding carboxylic acids is 4. The molecule has 260 valence electrons. The van der Waals surface area contributed by atoms with Crippen LogP contribution in [0.5, 0.6) is 17.2 Å². The van der Waals surface area contributed by atoms with Crippen LogP contribution in [-0.4, -0.2) is 107 Å². The van der Waals surface area contributed by atoms with E-state index in [2.05, 4.69) is 16.0 Å². The zero-order chi connectivity index (χ0) is 35.1. The van der Waals surface area contributed by atoms with E-state index in [1.165, 1.54) is 25.3 Å². The van der Waals surface area contributed by atoms with Crippen LogP contribution in [0.15, 0.2) is 18.2 Å². The molecule has 1 heterocycles. The highest BCUT2D eigenvalue weighted by Gasteiger charge is 2.50. The summed E-state index contributed by atoms with van der Waals surface area (Å²) in [6.45, 7) is 5.47. The molecule has 3 aliphatic rings. The van der Waals surface area contributed by atoms with Gasteiger partial charge < -0.3 is 56.3 Å². The number of carbonyl (C=O) groups is 4. The Balaban J connectivity index is 1.50. The molecule has 0 saturated carbocycles. The molecule has 0 aromatic heterocycles. The number of ether oxygens (including phenoxy) is 3. The molecule has 0 radical (unpaired) electrons. The number of hydrogen-bond acceptors (Lipinski definition) is 13. The number of methoxy groups -OCH3 is 1. The second kappa shape index (κ2) is 13.8. The Hall–Kier alpha value is -4.12. The first-order valence-corrected chi connectivity index (χ1v) is 15.8. The van der Waals surface area contributed by atoms with Gasteiger partial charge in [-0.15, -0.1) is 0 Å². The van der Waals surface area contributed by atoms with Crippen LogP contribution in [0.4, 0.5) is 0 Å². The number of ketones is 2. The van der Waals surface area contributed by atoms with Gasteiger partial charge in [0.25, 0.3) is 5.91 Å². The van der Waals surface area contributed by atoms with Crippen LogP contribution in [0.3, 0.4) is 0 Å². The molecule has 4 unspecified atom stereocenters. The van der Waals surface area contributed by atoms with Crippen molar-refractivity contribution in [3.63, 3.8) is 0 Å². The van der Waals surface area contributed by atoms with Gasteiger partial charge in [0.1, 0.15) is 22.8 Å². The topological polar surface area (TPSA) is 239 Å². The van der Waals surface area contributed by atoms with Gasteiger partial charge in [0.15, 0.2) is 12.1 Å². The Morgan fingerprint density at radius 1 is 1.08 bits per heavy atom. The maximum Gasteiger partial charge on any atom is 0.252 e. The number of aliphatic hydroxyl groups is 2. The highest BCUT2D eigenvalue weighted by molar-refractivity contribution is 6.31. The molecule has 1 saturated heterocycles. The lowest BCUT2D eigenvalue weighted by atomic mass is 9.72. The van der Waals surface area contributed by atoms with Gasteiger partial charge in [0.2, 0.25) is 11.7 Å². The molecule has 1 fully saturated rings. The quantitative estimate of drug-likeness (QED) is 0.102. The van der Waals surface area contributed by atoms with Gasteiger partial charge in [-0.05, 0) is 13.0 Å². The minimum atomic E-state index is -2.25. The predicted octanol–water partition coefficient (Wildman–Crippen LogP) is -0.330. The SMILES string of the molecule is COc1cccc2c1C(=O)c1c(O)c3c(c(O)c1C2=O)C[C@@](O)(C(=O)NCCNC(=O)CNC(C)C)C[C@@H]3OC1CC(N)C(O)C(C)O1. The highest BCUT2D eigenvalue weighted by Crippen LogP contribution is 2.52. The van der Waals surface area contributed by atoms with Crippen molar-refractivity contribution < 1.29 is 53.8 Å². The summed E-state index contributed by atoms with van der Waals surface area (Å²) < 4.78 is 17.3. The molecule has 9 N–H and O–H groups in total. The average Bonchev–Trinajstić information content (AvgIpc) is 3.04. The lowest BCUT2D eigenvalue weighted by Crippen LogP contribution is -2.54. The summed E-state index contributed by atoms with van der Waals surface area (Å²) in [6.07, 6.45) is -5.18. The maximum atomic E-state index is 13.9. The van der Waals surface area contributed by atoms with Crippen LogP contribution in [0, 0.1) is 0 Å². The van der Waals surface area contributed by atoms with Gasteiger partial charge in [-0.2, -0.15) is 0 Å². The third-order valence-electron chi connectivity index (χ3n) is 8.97. The standard InChI is InChI=1S/C33H42N4O11/c1-14(2)37-13-21(38)35-8-9-36-32(44)33(45)11-17-24(20(12-33)48-22-10-18(34)27(39)15(3)47-22)31(43)26-25(29(17)41)28(40)16-6-5-7-19(46-4)23(16)30(26)42/h5-7,14-15,18,20,22,27,37,39,41,43,45H,8-13,34H2,1-4H3,(H,35,38)(H,36,44)/t15?,18?,20-,22?,27?,33-/m0/s1. The van der Waals surface area contributed by atoms with Crippen molar-refractivity contribution in [3.05, 3.63) is 51.6 Å². The molecule has 2 aromatic carbocycles. The van der Waals surface area contributed by atoms with Gasteiger partial charge in [0.05, 0.1) is 48.7 Å². The first kappa shape index (κ1) is 35.2. The van der Waals surface area contributed by atoms with Crippen molar-refractivity contribution >= 4 is 23.4 Å². The Morgan fingerprint density at radius 3 is 2.44 bits per heavy atom. The lowest BCUT2D eigenvalue weighted by molar-refractivity contribution is -0.247. The lowest BCUT2D eigenvalue weighted by Gasteiger charge is -2.42. The first-order chi connectivity index (χ1) is 22.7. The van der Waals surface area contributed by atoms with Crippen molar-refractivity contribution in [1.82, 2.24) is 16.0 Å². The summed E-state index contributed by atoms with van der Waals surface area (Å²) in [4.78, 5) is 53.1. The molecule has 6 atom stereocenters. The van der Waals surface area contributed by atoms with Crippen molar-refractivity contribution in [2.24, 2.45) is 5.73 Å². The van der Waals surface area contributed by atoms with E-state index < -0.39 is 89.2 Å². The zero-order valence-electron chi connectivity index (χ0n) is 27.2. The number of phenols is 2. The summed E-state index contributed by atoms with van der Waals surface area (Å²) in [7, 11) is 1.33. The van der Waals surface area contributed by atoms with E-state index in [0.29, 0.717) is 0 Å². The molecular formula is C33H42N4O11. The normalized spacial score (nSPS) is 26.4. The molecule has 5 rings (SSSR count). The Morgan fingerprint density at radius 2 is 1.77 bits per heavy atom. The van der Waals surface area contributed by atoms with Crippen LogP contribution < -0.4 is 26.4 Å². The summed E-state index contributed by atoms with van der Waals surface area (Å²) in [5.41, 5.74) is 2.47. The third-order valence-corrected chi connectivity index (χ3v) is 8.97. The van der Waals surface area contributed by atoms with Crippen LogP contribution in [0.25, 0.3) is 0 Å². The van der Waals surface area contributed by atoms with E-state index in [-0.39, 0.29) is 66.0 Å². The minimum Gasteiger partial charge on any atom is -0.507 e. The maximum absolute atomic E-state index is 13.9. The first-order valence-electron chi connectivity index (χ1n) is 15.8. The fraction of sp³-hybridized carbons (Fsp3) is 0.515. The number of nitrogens with one attached hydrogen (secondary N) is 3. The number of amides is 2. The number of phenolic OH excluding ortho intramolecular Hbond substituents is 2. The molecule has 2 amide bonds. The Kier molecular flexibility index (Phi) is 10.1. The number of benzene rings is 2. The van der Waals surface area contributed by atoms with Crippen molar-refractivity contribution in [3.8, 4) is 17.2 Å². The fourth-order valence-corrected chi connectivity index (χ4v) is 6.47. The van der Waals surface area contributed by atoms with Crippen LogP contribution >= 0.6 is 0 Å². The summed E-state index contributed by atoms with van der Waals surface area (Å²) >= 11 is 0. The Bertz CT molecular complexity index is 1620. The van der Waals surface area contributed by atoms with Crippen LogP contribution in [-0.2, 0) is 25.5 Å². The number of aliphatic hydroxyl groups excluding tert-OH is 1. The van der Waals surface area contributed by atoms with Gasteiger partial charge in [-0.1, -0.05) is 26.0 Å². The van der Waals surface area contributed by atoms with Crippen molar-refractivity contribution in [2.45, 2.75) is 82.3 Å². The van der Waals surface area contributed by atoms with Crippen molar-refractivity contribution in [2.75, 3.05) is 26.7 Å². The summed E-state index contributed by atoms with van der Waals surface area (Å²) in [5, 5.41) is 53.6. The highest BCUT2D eigenvalue weighted by atomic mass is 16.7. The zero-order valence-corrected chi connectivity index (χ0v) is 27.2. The summed E-state index contributed by atoms with van der Waals surface area (Å²) in [5.74, 6) is -3.96. The number of hydrogen-bond donors (Lipinski definition) is 8. The van der Waals surface area contributed by atoms with Crippen molar-refractivity contribution in [1.29, 1.82) is 0 Å². The second-order valence-corrected chi connectivity index (χ2v) is 12.7. The molecule has 0 spiro atoms. The number of fused-ring (bicyclic) bond motifs is 3. The number of nitrogens with two attached hydrogens (primary N) is 1. The average molecular weight is 671 g/mol. The molecule has 2 aromatic rings. The molecule has 15 nitrogen and oxygen atoms in total. The largest absolute Gasteiger partial charge is 0.507 e. The monoisotopic (exact) mass is 670 g/mol. The van der Waals surface area contributed by atoms with E-state index in [1.54, 1.807) is 6.92 Å². The number of rotatable bonds is 10. The van der Waals surface area contributed by atoms with E-state index in [0.717, 1.165) is 0 Å². The smallest absolute Gasteiger partial charge is 0.252 e. The fourth-order valence-electron chi connectivity index (χ4n) is 6.47. The van der Waals surface area contributed by atoms with E-state index >= 15 is 0 Å². The molecule has 48 heavy (non-hydrogen) atoms. The third kappa shape index (κ3) is 6.49.